The largest absolute Gasteiger partial charge is 0.507 e. The van der Waals surface area contributed by atoms with Gasteiger partial charge in [0, 0.05) is 0 Å². The van der Waals surface area contributed by atoms with Gasteiger partial charge in [-0.3, -0.25) is 4.79 Å². The van der Waals surface area contributed by atoms with Crippen molar-refractivity contribution in [1.82, 2.24) is 5.32 Å². The number of phenols is 1. The third-order valence-electron chi connectivity index (χ3n) is 1.93. The maximum absolute atomic E-state index is 11.9. The molecular formula is C10H10F3NO2. The molecule has 0 aliphatic heterocycles. The van der Waals surface area contributed by atoms with Gasteiger partial charge in [0.15, 0.2) is 0 Å². The van der Waals surface area contributed by atoms with Crippen molar-refractivity contribution in [1.29, 1.82) is 0 Å². The monoisotopic (exact) mass is 233 g/mol. The standard InChI is InChI=1S/C10H10F3NO2/c1-6-3-2-4-7(15)8(6)9(16)14-5-10(11,12)13/h2-4,15H,5H2,1H3,(H,14,16). The summed E-state index contributed by atoms with van der Waals surface area (Å²) in [4.78, 5) is 11.4. The highest BCUT2D eigenvalue weighted by Gasteiger charge is 2.28. The molecule has 0 saturated heterocycles. The molecule has 6 heteroatoms. The maximum Gasteiger partial charge on any atom is 0.405 e. The highest BCUT2D eigenvalue weighted by Crippen LogP contribution is 2.20. The van der Waals surface area contributed by atoms with E-state index in [-0.39, 0.29) is 11.3 Å². The first-order valence-corrected chi connectivity index (χ1v) is 4.45. The minimum atomic E-state index is -4.46. The van der Waals surface area contributed by atoms with Crippen LogP contribution < -0.4 is 5.32 Å². The first-order chi connectivity index (χ1) is 7.31. The second-order valence-electron chi connectivity index (χ2n) is 3.27. The minimum Gasteiger partial charge on any atom is -0.507 e. The molecule has 0 bridgehead atoms. The molecule has 0 heterocycles. The number of hydrogen-bond acceptors (Lipinski definition) is 2. The molecule has 0 unspecified atom stereocenters. The highest BCUT2D eigenvalue weighted by molar-refractivity contribution is 5.98. The van der Waals surface area contributed by atoms with Gasteiger partial charge >= 0.3 is 6.18 Å². The van der Waals surface area contributed by atoms with Crippen LogP contribution in [0.15, 0.2) is 18.2 Å². The van der Waals surface area contributed by atoms with Crippen LogP contribution in [0, 0.1) is 6.92 Å². The first kappa shape index (κ1) is 12.4. The van der Waals surface area contributed by atoms with E-state index in [0.29, 0.717) is 5.56 Å². The molecule has 0 saturated carbocycles. The van der Waals surface area contributed by atoms with Gasteiger partial charge in [-0.1, -0.05) is 12.1 Å². The molecule has 0 spiro atoms. The molecule has 0 fully saturated rings. The topological polar surface area (TPSA) is 49.3 Å². The van der Waals surface area contributed by atoms with Crippen LogP contribution in [0.1, 0.15) is 15.9 Å². The molecule has 0 radical (unpaired) electrons. The van der Waals surface area contributed by atoms with E-state index >= 15 is 0 Å². The smallest absolute Gasteiger partial charge is 0.405 e. The molecular weight excluding hydrogens is 223 g/mol. The molecule has 0 aromatic heterocycles. The number of aryl methyl sites for hydroxylation is 1. The van der Waals surface area contributed by atoms with Crippen LogP contribution in [-0.2, 0) is 0 Å². The van der Waals surface area contributed by atoms with Crippen LogP contribution in [0.2, 0.25) is 0 Å². The third-order valence-corrected chi connectivity index (χ3v) is 1.93. The van der Waals surface area contributed by atoms with Crippen molar-refractivity contribution in [3.05, 3.63) is 29.3 Å². The molecule has 88 valence electrons. The number of aromatic hydroxyl groups is 1. The first-order valence-electron chi connectivity index (χ1n) is 4.45. The number of halogens is 3. The maximum atomic E-state index is 11.9. The van der Waals surface area contributed by atoms with Crippen LogP contribution >= 0.6 is 0 Å². The molecule has 3 nitrogen and oxygen atoms in total. The van der Waals surface area contributed by atoms with E-state index in [9.17, 15) is 23.1 Å². The van der Waals surface area contributed by atoms with Gasteiger partial charge in [-0.2, -0.15) is 13.2 Å². The van der Waals surface area contributed by atoms with Crippen molar-refractivity contribution in [2.75, 3.05) is 6.54 Å². The summed E-state index contributed by atoms with van der Waals surface area (Å²) in [5.74, 6) is -1.27. The van der Waals surface area contributed by atoms with Crippen LogP contribution in [-0.4, -0.2) is 23.7 Å². The van der Waals surface area contributed by atoms with E-state index < -0.39 is 18.6 Å². The van der Waals surface area contributed by atoms with Crippen LogP contribution in [0.5, 0.6) is 5.75 Å². The number of carbonyl (C=O) groups excluding carboxylic acids is 1. The Morgan fingerprint density at radius 3 is 2.56 bits per heavy atom. The van der Waals surface area contributed by atoms with Crippen LogP contribution in [0.3, 0.4) is 0 Å². The fraction of sp³-hybridized carbons (Fsp3) is 0.300. The summed E-state index contributed by atoms with van der Waals surface area (Å²) in [6.45, 7) is 0.113. The van der Waals surface area contributed by atoms with E-state index in [4.69, 9.17) is 0 Å². The SMILES string of the molecule is Cc1cccc(O)c1C(=O)NCC(F)(F)F. The second-order valence-corrected chi connectivity index (χ2v) is 3.27. The number of nitrogens with one attached hydrogen (secondary N) is 1. The number of phenolic OH excluding ortho intramolecular Hbond substituents is 1. The van der Waals surface area contributed by atoms with E-state index in [1.54, 1.807) is 5.32 Å². The molecule has 1 aromatic rings. The van der Waals surface area contributed by atoms with Gasteiger partial charge in [0.05, 0.1) is 5.56 Å². The Morgan fingerprint density at radius 2 is 2.06 bits per heavy atom. The van der Waals surface area contributed by atoms with Crippen molar-refractivity contribution < 1.29 is 23.1 Å². The number of alkyl halides is 3. The molecule has 2 N–H and O–H groups in total. The molecule has 1 amide bonds. The molecule has 0 aliphatic carbocycles. The summed E-state index contributed by atoms with van der Waals surface area (Å²) in [6.07, 6.45) is -4.46. The molecule has 0 atom stereocenters. The number of rotatable bonds is 2. The fourth-order valence-corrected chi connectivity index (χ4v) is 1.22. The fourth-order valence-electron chi connectivity index (χ4n) is 1.22. The Kier molecular flexibility index (Phi) is 3.41. The van der Waals surface area contributed by atoms with Crippen LogP contribution in [0.4, 0.5) is 13.2 Å². The van der Waals surface area contributed by atoms with E-state index in [1.807, 2.05) is 0 Å². The quantitative estimate of drug-likeness (QED) is 0.820. The lowest BCUT2D eigenvalue weighted by atomic mass is 10.1. The van der Waals surface area contributed by atoms with Crippen LogP contribution in [0.25, 0.3) is 0 Å². The van der Waals surface area contributed by atoms with E-state index in [2.05, 4.69) is 0 Å². The average molecular weight is 233 g/mol. The lowest BCUT2D eigenvalue weighted by molar-refractivity contribution is -0.123. The number of hydrogen-bond donors (Lipinski definition) is 2. The van der Waals surface area contributed by atoms with Crippen molar-refractivity contribution in [2.24, 2.45) is 0 Å². The summed E-state index contributed by atoms with van der Waals surface area (Å²) < 4.78 is 35.6. The lowest BCUT2D eigenvalue weighted by Crippen LogP contribution is -2.34. The average Bonchev–Trinajstić information content (AvgIpc) is 2.13. The second kappa shape index (κ2) is 4.42. The molecule has 1 rings (SSSR count). The zero-order valence-electron chi connectivity index (χ0n) is 8.43. The predicted octanol–water partition coefficient (Wildman–Crippen LogP) is 1.99. The lowest BCUT2D eigenvalue weighted by Gasteiger charge is -2.10. The summed E-state index contributed by atoms with van der Waals surface area (Å²) in [5.41, 5.74) is 0.284. The van der Waals surface area contributed by atoms with Gasteiger partial charge < -0.3 is 10.4 Å². The summed E-state index contributed by atoms with van der Waals surface area (Å²) in [7, 11) is 0. The zero-order valence-corrected chi connectivity index (χ0v) is 8.43. The Bertz CT molecular complexity index is 381. The zero-order chi connectivity index (χ0) is 12.3. The van der Waals surface area contributed by atoms with Gasteiger partial charge in [-0.15, -0.1) is 0 Å². The highest BCUT2D eigenvalue weighted by atomic mass is 19.4. The normalized spacial score (nSPS) is 11.2. The van der Waals surface area contributed by atoms with Crippen molar-refractivity contribution in [3.63, 3.8) is 0 Å². The van der Waals surface area contributed by atoms with E-state index in [0.717, 1.165) is 0 Å². The Hall–Kier alpha value is -1.72. The summed E-state index contributed by atoms with van der Waals surface area (Å²) in [6, 6.07) is 4.28. The number of carbonyl (C=O) groups is 1. The summed E-state index contributed by atoms with van der Waals surface area (Å²) >= 11 is 0. The summed E-state index contributed by atoms with van der Waals surface area (Å²) in [5, 5.41) is 11.0. The van der Waals surface area contributed by atoms with Gasteiger partial charge in [-0.05, 0) is 18.6 Å². The molecule has 1 aromatic carbocycles. The van der Waals surface area contributed by atoms with Gasteiger partial charge in [0.1, 0.15) is 12.3 Å². The Labute approximate surface area is 89.9 Å². The minimum absolute atomic E-state index is 0.133. The number of amides is 1. The Morgan fingerprint density at radius 1 is 1.44 bits per heavy atom. The Balaban J connectivity index is 2.81. The van der Waals surface area contributed by atoms with E-state index in [1.165, 1.54) is 25.1 Å². The van der Waals surface area contributed by atoms with Crippen molar-refractivity contribution >= 4 is 5.91 Å². The van der Waals surface area contributed by atoms with Gasteiger partial charge in [0.25, 0.3) is 5.91 Å². The van der Waals surface area contributed by atoms with Gasteiger partial charge in [0.2, 0.25) is 0 Å². The van der Waals surface area contributed by atoms with Crippen molar-refractivity contribution in [2.45, 2.75) is 13.1 Å². The molecule has 0 aliphatic rings. The van der Waals surface area contributed by atoms with Gasteiger partial charge in [-0.25, -0.2) is 0 Å². The van der Waals surface area contributed by atoms with Crippen molar-refractivity contribution in [3.8, 4) is 5.75 Å². The predicted molar refractivity (Wildman–Crippen MR) is 51.2 cm³/mol. The molecule has 16 heavy (non-hydrogen) atoms. The third kappa shape index (κ3) is 3.15. The number of benzene rings is 1.